The van der Waals surface area contributed by atoms with Gasteiger partial charge in [-0.05, 0) is 17.7 Å². The van der Waals surface area contributed by atoms with Gasteiger partial charge in [0.05, 0.1) is 4.90 Å². The van der Waals surface area contributed by atoms with Crippen LogP contribution in [0.3, 0.4) is 0 Å². The molecule has 0 fully saturated rings. The Bertz CT molecular complexity index is 471. The summed E-state index contributed by atoms with van der Waals surface area (Å²) >= 11 is 0. The normalized spacial score (nSPS) is 10.9. The minimum atomic E-state index is -3.72. The first-order chi connectivity index (χ1) is 6.95. The van der Waals surface area contributed by atoms with E-state index in [9.17, 15) is 13.2 Å². The SMILES string of the molecule is C=Cc1ccc(S(=O)(=O)CC(=O)O)cc1. The third-order valence-corrected chi connectivity index (χ3v) is 3.41. The van der Waals surface area contributed by atoms with E-state index in [0.29, 0.717) is 0 Å². The number of carboxylic acids is 1. The van der Waals surface area contributed by atoms with Crippen molar-refractivity contribution in [3.8, 4) is 0 Å². The average Bonchev–Trinajstić information content (AvgIpc) is 2.16. The molecule has 5 heteroatoms. The molecule has 1 rings (SSSR count). The van der Waals surface area contributed by atoms with Crippen LogP contribution in [-0.2, 0) is 14.6 Å². The Labute approximate surface area is 87.8 Å². The molecule has 0 aliphatic carbocycles. The van der Waals surface area contributed by atoms with Crippen molar-refractivity contribution in [3.05, 3.63) is 36.4 Å². The van der Waals surface area contributed by atoms with Crippen LogP contribution in [0.25, 0.3) is 6.08 Å². The molecule has 1 aromatic carbocycles. The summed E-state index contributed by atoms with van der Waals surface area (Å²) in [6, 6.07) is 5.88. The van der Waals surface area contributed by atoms with Gasteiger partial charge in [-0.3, -0.25) is 4.79 Å². The highest BCUT2D eigenvalue weighted by Crippen LogP contribution is 2.12. The fraction of sp³-hybridized carbons (Fsp3) is 0.100. The zero-order valence-electron chi connectivity index (χ0n) is 7.88. The van der Waals surface area contributed by atoms with Crippen LogP contribution in [0, 0.1) is 0 Å². The minimum absolute atomic E-state index is 0.00972. The van der Waals surface area contributed by atoms with Crippen molar-refractivity contribution in [1.29, 1.82) is 0 Å². The van der Waals surface area contributed by atoms with Gasteiger partial charge in [-0.1, -0.05) is 24.8 Å². The summed E-state index contributed by atoms with van der Waals surface area (Å²) in [5, 5.41) is 8.42. The molecule has 0 amide bonds. The Balaban J connectivity index is 3.06. The number of aliphatic carboxylic acids is 1. The van der Waals surface area contributed by atoms with E-state index in [0.717, 1.165) is 5.56 Å². The lowest BCUT2D eigenvalue weighted by atomic mass is 10.2. The van der Waals surface area contributed by atoms with Gasteiger partial charge in [0, 0.05) is 0 Å². The summed E-state index contributed by atoms with van der Waals surface area (Å²) in [6.45, 7) is 3.53. The first-order valence-electron chi connectivity index (χ1n) is 4.13. The fourth-order valence-corrected chi connectivity index (χ4v) is 2.10. The molecule has 0 radical (unpaired) electrons. The van der Waals surface area contributed by atoms with E-state index in [4.69, 9.17) is 5.11 Å². The highest BCUT2D eigenvalue weighted by molar-refractivity contribution is 7.92. The standard InChI is InChI=1S/C10H10O4S/c1-2-8-3-5-9(6-4-8)15(13,14)7-10(11)12/h2-6H,1,7H2,(H,11,12). The first-order valence-corrected chi connectivity index (χ1v) is 5.78. The lowest BCUT2D eigenvalue weighted by Gasteiger charge is -2.01. The van der Waals surface area contributed by atoms with Crippen molar-refractivity contribution in [3.63, 3.8) is 0 Å². The molecule has 0 heterocycles. The number of benzene rings is 1. The van der Waals surface area contributed by atoms with Crippen LogP contribution >= 0.6 is 0 Å². The molecule has 0 spiro atoms. The van der Waals surface area contributed by atoms with Crippen molar-refractivity contribution in [2.45, 2.75) is 4.90 Å². The van der Waals surface area contributed by atoms with Gasteiger partial charge < -0.3 is 5.11 Å². The Morgan fingerprint density at radius 2 is 1.87 bits per heavy atom. The Morgan fingerprint density at radius 3 is 2.27 bits per heavy atom. The molecular formula is C10H10O4S. The third-order valence-electron chi connectivity index (χ3n) is 1.79. The van der Waals surface area contributed by atoms with Crippen molar-refractivity contribution in [2.24, 2.45) is 0 Å². The van der Waals surface area contributed by atoms with Crippen LogP contribution in [0.4, 0.5) is 0 Å². The molecule has 0 aromatic heterocycles. The maximum atomic E-state index is 11.4. The smallest absolute Gasteiger partial charge is 0.319 e. The van der Waals surface area contributed by atoms with Gasteiger partial charge in [0.25, 0.3) is 0 Å². The molecule has 0 bridgehead atoms. The quantitative estimate of drug-likeness (QED) is 0.837. The second-order valence-corrected chi connectivity index (χ2v) is 4.92. The largest absolute Gasteiger partial charge is 0.480 e. The lowest BCUT2D eigenvalue weighted by Crippen LogP contribution is -2.15. The van der Waals surface area contributed by atoms with Gasteiger partial charge in [0.1, 0.15) is 0 Å². The molecule has 0 aliphatic rings. The van der Waals surface area contributed by atoms with Crippen molar-refractivity contribution in [1.82, 2.24) is 0 Å². The molecule has 1 aromatic rings. The zero-order valence-corrected chi connectivity index (χ0v) is 8.70. The Morgan fingerprint density at radius 1 is 1.33 bits per heavy atom. The van der Waals surface area contributed by atoms with E-state index < -0.39 is 21.6 Å². The molecule has 0 atom stereocenters. The van der Waals surface area contributed by atoms with E-state index >= 15 is 0 Å². The highest BCUT2D eigenvalue weighted by Gasteiger charge is 2.18. The lowest BCUT2D eigenvalue weighted by molar-refractivity contribution is -0.134. The predicted octanol–water partition coefficient (Wildman–Crippen LogP) is 1.19. The zero-order chi connectivity index (χ0) is 11.5. The van der Waals surface area contributed by atoms with Crippen LogP contribution in [0.1, 0.15) is 5.56 Å². The number of hydrogen-bond donors (Lipinski definition) is 1. The van der Waals surface area contributed by atoms with Crippen LogP contribution in [0.2, 0.25) is 0 Å². The van der Waals surface area contributed by atoms with Gasteiger partial charge in [-0.25, -0.2) is 8.42 Å². The van der Waals surface area contributed by atoms with E-state index in [2.05, 4.69) is 6.58 Å². The summed E-state index contributed by atoms with van der Waals surface area (Å²) in [7, 11) is -3.72. The maximum Gasteiger partial charge on any atom is 0.319 e. The number of sulfone groups is 1. The summed E-state index contributed by atoms with van der Waals surface area (Å²) in [5.74, 6) is -2.25. The summed E-state index contributed by atoms with van der Waals surface area (Å²) in [6.07, 6.45) is 1.58. The van der Waals surface area contributed by atoms with Gasteiger partial charge in [0.15, 0.2) is 15.6 Å². The van der Waals surface area contributed by atoms with Crippen molar-refractivity contribution in [2.75, 3.05) is 5.75 Å². The molecule has 4 nitrogen and oxygen atoms in total. The minimum Gasteiger partial charge on any atom is -0.480 e. The molecule has 0 saturated heterocycles. The van der Waals surface area contributed by atoms with E-state index in [1.165, 1.54) is 12.1 Å². The fourth-order valence-electron chi connectivity index (χ4n) is 1.06. The van der Waals surface area contributed by atoms with Crippen LogP contribution in [0.15, 0.2) is 35.7 Å². The molecule has 0 aliphatic heterocycles. The number of hydrogen-bond acceptors (Lipinski definition) is 3. The molecule has 0 unspecified atom stereocenters. The molecule has 80 valence electrons. The van der Waals surface area contributed by atoms with Crippen LogP contribution in [0.5, 0.6) is 0 Å². The highest BCUT2D eigenvalue weighted by atomic mass is 32.2. The van der Waals surface area contributed by atoms with Gasteiger partial charge in [-0.15, -0.1) is 0 Å². The van der Waals surface area contributed by atoms with E-state index in [1.54, 1.807) is 18.2 Å². The molecular weight excluding hydrogens is 216 g/mol. The predicted molar refractivity (Wildman–Crippen MR) is 56.2 cm³/mol. The second-order valence-electron chi connectivity index (χ2n) is 2.93. The monoisotopic (exact) mass is 226 g/mol. The van der Waals surface area contributed by atoms with E-state index in [1.807, 2.05) is 0 Å². The van der Waals surface area contributed by atoms with Gasteiger partial charge >= 0.3 is 5.97 Å². The average molecular weight is 226 g/mol. The number of carboxylic acid groups (broad SMARTS) is 1. The van der Waals surface area contributed by atoms with Crippen molar-refractivity contribution < 1.29 is 18.3 Å². The van der Waals surface area contributed by atoms with Crippen molar-refractivity contribution >= 4 is 21.9 Å². The molecule has 15 heavy (non-hydrogen) atoms. The third kappa shape index (κ3) is 2.92. The Kier molecular flexibility index (Phi) is 3.26. The maximum absolute atomic E-state index is 11.4. The van der Waals surface area contributed by atoms with Crippen LogP contribution < -0.4 is 0 Å². The summed E-state index contributed by atoms with van der Waals surface area (Å²) in [4.78, 5) is 10.3. The summed E-state index contributed by atoms with van der Waals surface area (Å²) < 4.78 is 22.9. The molecule has 0 saturated carbocycles. The number of carbonyl (C=O) groups is 1. The van der Waals surface area contributed by atoms with Gasteiger partial charge in [0.2, 0.25) is 0 Å². The summed E-state index contributed by atoms with van der Waals surface area (Å²) in [5.41, 5.74) is 0.782. The van der Waals surface area contributed by atoms with E-state index in [-0.39, 0.29) is 4.90 Å². The second kappa shape index (κ2) is 4.27. The molecule has 1 N–H and O–H groups in total. The van der Waals surface area contributed by atoms with Crippen LogP contribution in [-0.4, -0.2) is 25.2 Å². The first kappa shape index (κ1) is 11.5. The topological polar surface area (TPSA) is 71.4 Å². The number of rotatable bonds is 4. The Hall–Kier alpha value is -1.62. The van der Waals surface area contributed by atoms with Gasteiger partial charge in [-0.2, -0.15) is 0 Å².